The van der Waals surface area contributed by atoms with E-state index in [1.807, 2.05) is 12.4 Å². The topological polar surface area (TPSA) is 45.3 Å². The van der Waals surface area contributed by atoms with E-state index >= 15 is 0 Å². The first-order valence-corrected chi connectivity index (χ1v) is 11.3. The van der Waals surface area contributed by atoms with E-state index < -0.39 is 0 Å². The van der Waals surface area contributed by atoms with Gasteiger partial charge < -0.3 is 0 Å². The molecular weight excluding hydrogens is 377 g/mol. The van der Waals surface area contributed by atoms with E-state index in [2.05, 4.69) is 22.0 Å². The third-order valence-electron chi connectivity index (χ3n) is 5.17. The van der Waals surface area contributed by atoms with Gasteiger partial charge in [-0.15, -0.1) is 0 Å². The van der Waals surface area contributed by atoms with Gasteiger partial charge >= 0.3 is 0 Å². The maximum Gasteiger partial charge on any atom is 0.271 e. The predicted molar refractivity (Wildman–Crippen MR) is 120 cm³/mol. The van der Waals surface area contributed by atoms with Gasteiger partial charge in [-0.05, 0) is 24.1 Å². The van der Waals surface area contributed by atoms with Crippen LogP contribution in [0.3, 0.4) is 0 Å². The second-order valence-electron chi connectivity index (χ2n) is 7.76. The van der Waals surface area contributed by atoms with Crippen LogP contribution in [0.15, 0.2) is 53.9 Å². The molecule has 1 heterocycles. The Morgan fingerprint density at radius 2 is 1.47 bits per heavy atom. The minimum absolute atomic E-state index is 0.264. The average molecular weight is 413 g/mol. The van der Waals surface area contributed by atoms with Crippen molar-refractivity contribution in [1.29, 1.82) is 0 Å². The highest BCUT2D eigenvalue weighted by molar-refractivity contribution is 5.94. The summed E-state index contributed by atoms with van der Waals surface area (Å²) >= 11 is 0. The molecule has 1 aromatic carbocycles. The average Bonchev–Trinajstić information content (AvgIpc) is 2.77. The van der Waals surface area contributed by atoms with Gasteiger partial charge in [-0.3, -0.25) is 4.79 Å². The smallest absolute Gasteiger partial charge is 0.267 e. The molecule has 0 unspecified atom stereocenters. The maximum atomic E-state index is 12.9. The fraction of sp³-hybridized carbons (Fsp3) is 0.480. The molecule has 0 fully saturated rings. The van der Waals surface area contributed by atoms with E-state index in [1.165, 1.54) is 76.1 Å². The fourth-order valence-electron chi connectivity index (χ4n) is 3.32. The molecule has 0 saturated carbocycles. The number of carbonyl (C=O) groups is 1. The van der Waals surface area contributed by atoms with E-state index in [1.54, 1.807) is 24.3 Å². The van der Waals surface area contributed by atoms with E-state index in [0.29, 0.717) is 5.56 Å². The highest BCUT2D eigenvalue weighted by Gasteiger charge is 2.07. The molecule has 0 atom stereocenters. The first-order chi connectivity index (χ1) is 14.7. The molecule has 0 saturated heterocycles. The van der Waals surface area contributed by atoms with E-state index in [4.69, 9.17) is 0 Å². The molecule has 1 aromatic heterocycles. The molecule has 30 heavy (non-hydrogen) atoms. The van der Waals surface area contributed by atoms with Gasteiger partial charge in [-0.2, -0.15) is 5.10 Å². The molecule has 0 aliphatic carbocycles. The van der Waals surface area contributed by atoms with E-state index in [0.717, 1.165) is 18.5 Å². The van der Waals surface area contributed by atoms with Crippen molar-refractivity contribution in [2.45, 2.75) is 77.7 Å². The zero-order chi connectivity index (χ0) is 21.4. The van der Waals surface area contributed by atoms with Crippen LogP contribution in [0, 0.1) is 5.82 Å². The molecule has 0 spiro atoms. The number of nitrogens with zero attached hydrogens (tertiary/aromatic N) is 2. The lowest BCUT2D eigenvalue weighted by Gasteiger charge is -2.02. The molecule has 162 valence electrons. The molecule has 5 heteroatoms. The zero-order valence-corrected chi connectivity index (χ0v) is 18.2. The first-order valence-electron chi connectivity index (χ1n) is 11.3. The van der Waals surface area contributed by atoms with Crippen molar-refractivity contribution in [2.24, 2.45) is 5.10 Å². The summed E-state index contributed by atoms with van der Waals surface area (Å²) in [6.07, 6.45) is 18.6. The number of halogens is 1. The van der Waals surface area contributed by atoms with Gasteiger partial charge in [0.2, 0.25) is 0 Å². The Labute approximate surface area is 180 Å². The molecule has 1 amide bonds. The Hall–Kier alpha value is -2.56. The van der Waals surface area contributed by atoms with Gasteiger partial charge in [0.15, 0.2) is 12.4 Å². The van der Waals surface area contributed by atoms with Gasteiger partial charge in [0.25, 0.3) is 5.91 Å². The number of benzene rings is 1. The molecule has 1 N–H and O–H groups in total. The summed E-state index contributed by atoms with van der Waals surface area (Å²) in [7, 11) is 0. The lowest BCUT2D eigenvalue weighted by atomic mass is 10.1. The van der Waals surface area contributed by atoms with Crippen LogP contribution >= 0.6 is 0 Å². The van der Waals surface area contributed by atoms with Crippen molar-refractivity contribution in [1.82, 2.24) is 5.43 Å². The van der Waals surface area contributed by atoms with Crippen molar-refractivity contribution in [3.05, 3.63) is 65.7 Å². The van der Waals surface area contributed by atoms with Crippen molar-refractivity contribution in [2.75, 3.05) is 0 Å². The first kappa shape index (κ1) is 23.7. The van der Waals surface area contributed by atoms with Gasteiger partial charge in [0, 0.05) is 18.6 Å². The standard InChI is InChI=1S/C25H34FN3O/c1-2-3-4-5-6-7-8-9-10-11-18-29-19-16-23(17-20-29)25(30)28-27-21-22-12-14-24(26)15-13-22/h12-17,19-21H,2-11,18H2,1H3/p+1. The van der Waals surface area contributed by atoms with Crippen LogP contribution in [-0.4, -0.2) is 12.1 Å². The van der Waals surface area contributed by atoms with E-state index in [-0.39, 0.29) is 11.7 Å². The third-order valence-corrected chi connectivity index (χ3v) is 5.17. The number of amides is 1. The molecule has 0 bridgehead atoms. The number of pyridine rings is 1. The van der Waals surface area contributed by atoms with Crippen molar-refractivity contribution < 1.29 is 13.8 Å². The molecule has 0 aliphatic heterocycles. The summed E-state index contributed by atoms with van der Waals surface area (Å²) < 4.78 is 15.0. The number of hydrogen-bond acceptors (Lipinski definition) is 2. The van der Waals surface area contributed by atoms with Crippen LogP contribution in [0.1, 0.15) is 87.1 Å². The lowest BCUT2D eigenvalue weighted by molar-refractivity contribution is -0.697. The summed E-state index contributed by atoms with van der Waals surface area (Å²) in [5, 5.41) is 3.92. The highest BCUT2D eigenvalue weighted by Crippen LogP contribution is 2.10. The van der Waals surface area contributed by atoms with Crippen molar-refractivity contribution >= 4 is 12.1 Å². The number of nitrogens with one attached hydrogen (secondary N) is 1. The fourth-order valence-corrected chi connectivity index (χ4v) is 3.32. The van der Waals surface area contributed by atoms with Crippen molar-refractivity contribution in [3.63, 3.8) is 0 Å². The Bertz CT molecular complexity index is 757. The molecular formula is C25H35FN3O+. The van der Waals surface area contributed by atoms with Gasteiger partial charge in [0.1, 0.15) is 12.4 Å². The zero-order valence-electron chi connectivity index (χ0n) is 18.2. The second-order valence-corrected chi connectivity index (χ2v) is 7.76. The molecule has 0 radical (unpaired) electrons. The summed E-state index contributed by atoms with van der Waals surface area (Å²) in [5.41, 5.74) is 3.78. The molecule has 2 aromatic rings. The normalized spacial score (nSPS) is 11.1. The number of hydrazone groups is 1. The minimum atomic E-state index is -0.299. The van der Waals surface area contributed by atoms with Crippen molar-refractivity contribution in [3.8, 4) is 0 Å². The van der Waals surface area contributed by atoms with Crippen LogP contribution < -0.4 is 9.99 Å². The largest absolute Gasteiger partial charge is 0.271 e. The van der Waals surface area contributed by atoms with Gasteiger partial charge in [0.05, 0.1) is 11.8 Å². The summed E-state index contributed by atoms with van der Waals surface area (Å²) in [6.45, 7) is 3.23. The quantitative estimate of drug-likeness (QED) is 0.181. The SMILES string of the molecule is CCCCCCCCCCCC[n+]1ccc(C(=O)NN=Cc2ccc(F)cc2)cc1. The number of hydrogen-bond donors (Lipinski definition) is 1. The Kier molecular flexibility index (Phi) is 11.4. The highest BCUT2D eigenvalue weighted by atomic mass is 19.1. The van der Waals surface area contributed by atoms with Gasteiger partial charge in [-0.25, -0.2) is 14.4 Å². The van der Waals surface area contributed by atoms with E-state index in [9.17, 15) is 9.18 Å². The van der Waals surface area contributed by atoms with Crippen LogP contribution in [0.5, 0.6) is 0 Å². The predicted octanol–water partition coefficient (Wildman–Crippen LogP) is 5.80. The summed E-state index contributed by atoms with van der Waals surface area (Å²) in [4.78, 5) is 12.1. The van der Waals surface area contributed by atoms with Crippen LogP contribution in [0.2, 0.25) is 0 Å². The minimum Gasteiger partial charge on any atom is -0.267 e. The van der Waals surface area contributed by atoms with Crippen LogP contribution in [0.4, 0.5) is 4.39 Å². The Morgan fingerprint density at radius 3 is 2.07 bits per heavy atom. The molecule has 4 nitrogen and oxygen atoms in total. The monoisotopic (exact) mass is 412 g/mol. The number of carbonyl (C=O) groups excluding carboxylic acids is 1. The number of rotatable bonds is 14. The summed E-state index contributed by atoms with van der Waals surface area (Å²) in [5.74, 6) is -0.564. The lowest BCUT2D eigenvalue weighted by Crippen LogP contribution is -2.33. The summed E-state index contributed by atoms with van der Waals surface area (Å²) in [6, 6.07) is 9.52. The number of unbranched alkanes of at least 4 members (excludes halogenated alkanes) is 9. The third kappa shape index (κ3) is 9.77. The maximum absolute atomic E-state index is 12.9. The number of aromatic nitrogens is 1. The Morgan fingerprint density at radius 1 is 0.900 bits per heavy atom. The van der Waals surface area contributed by atoms with Crippen LogP contribution in [0.25, 0.3) is 0 Å². The van der Waals surface area contributed by atoms with Gasteiger partial charge in [-0.1, -0.05) is 70.4 Å². The second kappa shape index (κ2) is 14.4. The number of aryl methyl sites for hydroxylation is 1. The van der Waals surface area contributed by atoms with Crippen LogP contribution in [-0.2, 0) is 6.54 Å². The molecule has 0 aliphatic rings. The molecule has 2 rings (SSSR count). The Balaban J connectivity index is 1.60.